The number of halogens is 2. The highest BCUT2D eigenvalue weighted by Crippen LogP contribution is 2.44. The number of aromatic nitrogens is 1. The third kappa shape index (κ3) is 1.60. The van der Waals surface area contributed by atoms with Gasteiger partial charge in [0.1, 0.15) is 0 Å². The minimum atomic E-state index is -2.67. The zero-order valence-electron chi connectivity index (χ0n) is 8.41. The summed E-state index contributed by atoms with van der Waals surface area (Å²) in [5, 5.41) is 7.05. The smallest absolute Gasteiger partial charge is 0.261 e. The molecule has 0 saturated heterocycles. The molecule has 86 valence electrons. The van der Waals surface area contributed by atoms with E-state index in [0.717, 1.165) is 6.21 Å². The summed E-state index contributed by atoms with van der Waals surface area (Å²) < 4.78 is 26.6. The third-order valence-corrected chi connectivity index (χ3v) is 2.80. The lowest BCUT2D eigenvalue weighted by molar-refractivity contribution is -0.104. The molecule has 16 heavy (non-hydrogen) atoms. The molecule has 2 rings (SSSR count). The average Bonchev–Trinajstić information content (AvgIpc) is 2.15. The molecule has 1 heterocycles. The topological polar surface area (TPSA) is 71.9 Å². The van der Waals surface area contributed by atoms with Crippen LogP contribution >= 0.6 is 0 Å². The molecule has 1 aromatic heterocycles. The van der Waals surface area contributed by atoms with Gasteiger partial charge in [-0.2, -0.15) is 0 Å². The van der Waals surface area contributed by atoms with E-state index < -0.39 is 17.5 Å². The number of anilines is 1. The number of hydrogen-bond donors (Lipinski definition) is 2. The first-order valence-electron chi connectivity index (χ1n) is 4.83. The van der Waals surface area contributed by atoms with Crippen molar-refractivity contribution in [1.29, 1.82) is 5.41 Å². The van der Waals surface area contributed by atoms with E-state index in [1.165, 1.54) is 16.8 Å². The van der Waals surface area contributed by atoms with Crippen LogP contribution in [0.2, 0.25) is 0 Å². The van der Waals surface area contributed by atoms with Gasteiger partial charge in [-0.25, -0.2) is 8.78 Å². The van der Waals surface area contributed by atoms with Crippen LogP contribution < -0.4 is 11.3 Å². The van der Waals surface area contributed by atoms with E-state index in [0.29, 0.717) is 0 Å². The fourth-order valence-electron chi connectivity index (χ4n) is 1.84. The quantitative estimate of drug-likeness (QED) is 0.749. The first-order chi connectivity index (χ1) is 7.44. The summed E-state index contributed by atoms with van der Waals surface area (Å²) in [6, 6.07) is 0.972. The molecular weight excluding hydrogens is 216 g/mol. The summed E-state index contributed by atoms with van der Waals surface area (Å²) in [6.45, 7) is 0. The fourth-order valence-corrected chi connectivity index (χ4v) is 1.84. The molecular formula is C10H11F2N3O. The molecule has 0 spiro atoms. The third-order valence-electron chi connectivity index (χ3n) is 2.80. The molecule has 3 N–H and O–H groups in total. The lowest BCUT2D eigenvalue weighted by Gasteiger charge is -2.36. The number of rotatable bonds is 2. The van der Waals surface area contributed by atoms with Gasteiger partial charge in [-0.05, 0) is 6.07 Å². The number of nitrogens with zero attached hydrogens (tertiary/aromatic N) is 1. The van der Waals surface area contributed by atoms with Crippen molar-refractivity contribution >= 4 is 11.9 Å². The largest absolute Gasteiger partial charge is 0.398 e. The number of hydrogen-bond acceptors (Lipinski definition) is 3. The SMILES string of the molecule is N=Cc1c(N)ccn(C2CC(F)(F)C2)c1=O. The van der Waals surface area contributed by atoms with Gasteiger partial charge in [0.2, 0.25) is 0 Å². The molecule has 0 amide bonds. The molecule has 0 atom stereocenters. The lowest BCUT2D eigenvalue weighted by Crippen LogP contribution is -2.41. The van der Waals surface area contributed by atoms with Crippen molar-refractivity contribution in [3.8, 4) is 0 Å². The van der Waals surface area contributed by atoms with Crippen LogP contribution in [-0.4, -0.2) is 16.7 Å². The molecule has 0 aromatic carbocycles. The molecule has 0 unspecified atom stereocenters. The summed E-state index contributed by atoms with van der Waals surface area (Å²) in [5.74, 6) is -2.67. The maximum Gasteiger partial charge on any atom is 0.261 e. The predicted octanol–water partition coefficient (Wildman–Crippen LogP) is 1.40. The summed E-state index contributed by atoms with van der Waals surface area (Å²) in [4.78, 5) is 11.8. The van der Waals surface area contributed by atoms with Crippen molar-refractivity contribution < 1.29 is 8.78 Å². The summed E-state index contributed by atoms with van der Waals surface area (Å²) in [6.07, 6.45) is 1.61. The second-order valence-electron chi connectivity index (χ2n) is 3.96. The predicted molar refractivity (Wildman–Crippen MR) is 56.2 cm³/mol. The average molecular weight is 227 g/mol. The monoisotopic (exact) mass is 227 g/mol. The van der Waals surface area contributed by atoms with Gasteiger partial charge in [0, 0.05) is 37.0 Å². The molecule has 1 saturated carbocycles. The Balaban J connectivity index is 2.38. The number of nitrogens with two attached hydrogens (primary N) is 1. The van der Waals surface area contributed by atoms with Gasteiger partial charge in [0.15, 0.2) is 0 Å². The summed E-state index contributed by atoms with van der Waals surface area (Å²) in [5.41, 5.74) is 5.27. The number of nitrogens with one attached hydrogen (secondary N) is 1. The van der Waals surface area contributed by atoms with Crippen LogP contribution in [0.5, 0.6) is 0 Å². The molecule has 6 heteroatoms. The molecule has 0 bridgehead atoms. The van der Waals surface area contributed by atoms with E-state index in [2.05, 4.69) is 0 Å². The van der Waals surface area contributed by atoms with Crippen molar-refractivity contribution in [2.45, 2.75) is 24.8 Å². The zero-order chi connectivity index (χ0) is 11.9. The van der Waals surface area contributed by atoms with Gasteiger partial charge in [0.05, 0.1) is 5.56 Å². The molecule has 1 aromatic rings. The molecule has 1 fully saturated rings. The minimum Gasteiger partial charge on any atom is -0.398 e. The van der Waals surface area contributed by atoms with Crippen molar-refractivity contribution in [1.82, 2.24) is 4.57 Å². The van der Waals surface area contributed by atoms with Crippen molar-refractivity contribution in [3.05, 3.63) is 28.2 Å². The highest BCUT2D eigenvalue weighted by molar-refractivity contribution is 5.83. The highest BCUT2D eigenvalue weighted by Gasteiger charge is 2.46. The molecule has 0 radical (unpaired) electrons. The van der Waals surface area contributed by atoms with Gasteiger partial charge < -0.3 is 15.7 Å². The lowest BCUT2D eigenvalue weighted by atomic mass is 9.88. The first kappa shape index (κ1) is 10.8. The Morgan fingerprint density at radius 1 is 1.56 bits per heavy atom. The van der Waals surface area contributed by atoms with Crippen LogP contribution in [0.3, 0.4) is 0 Å². The van der Waals surface area contributed by atoms with Gasteiger partial charge in [-0.15, -0.1) is 0 Å². The van der Waals surface area contributed by atoms with Crippen LogP contribution in [0.25, 0.3) is 0 Å². The van der Waals surface area contributed by atoms with E-state index in [4.69, 9.17) is 11.1 Å². The number of alkyl halides is 2. The Hall–Kier alpha value is -1.72. The van der Waals surface area contributed by atoms with Crippen LogP contribution in [0.1, 0.15) is 24.4 Å². The second kappa shape index (κ2) is 3.40. The standard InChI is InChI=1S/C10H11F2N3O/c11-10(12)3-6(4-10)15-2-1-8(14)7(5-13)9(15)16/h1-2,5-6,13H,3-4,14H2. The molecule has 1 aliphatic rings. The van der Waals surface area contributed by atoms with E-state index in [1.54, 1.807) is 0 Å². The van der Waals surface area contributed by atoms with Crippen molar-refractivity contribution in [2.24, 2.45) is 0 Å². The van der Waals surface area contributed by atoms with Crippen LogP contribution in [0, 0.1) is 5.41 Å². The van der Waals surface area contributed by atoms with Gasteiger partial charge >= 0.3 is 0 Å². The first-order valence-corrected chi connectivity index (χ1v) is 4.83. The Morgan fingerprint density at radius 3 is 2.69 bits per heavy atom. The van der Waals surface area contributed by atoms with E-state index in [-0.39, 0.29) is 24.1 Å². The van der Waals surface area contributed by atoms with Gasteiger partial charge in [-0.3, -0.25) is 4.79 Å². The summed E-state index contributed by atoms with van der Waals surface area (Å²) >= 11 is 0. The normalized spacial score (nSPS) is 19.1. The van der Waals surface area contributed by atoms with Crippen LogP contribution in [-0.2, 0) is 0 Å². The minimum absolute atomic E-state index is 0.0534. The van der Waals surface area contributed by atoms with E-state index in [1.807, 2.05) is 0 Å². The Morgan fingerprint density at radius 2 is 2.19 bits per heavy atom. The Bertz CT molecular complexity index is 487. The van der Waals surface area contributed by atoms with Crippen molar-refractivity contribution in [2.75, 3.05) is 5.73 Å². The number of pyridine rings is 1. The van der Waals surface area contributed by atoms with Gasteiger partial charge in [-0.1, -0.05) is 0 Å². The second-order valence-corrected chi connectivity index (χ2v) is 3.96. The maximum absolute atomic E-state index is 12.7. The summed E-state index contributed by atoms with van der Waals surface area (Å²) in [7, 11) is 0. The Labute approximate surface area is 90.2 Å². The highest BCUT2D eigenvalue weighted by atomic mass is 19.3. The number of nitrogen functional groups attached to an aromatic ring is 1. The molecule has 1 aliphatic carbocycles. The Kier molecular flexibility index (Phi) is 2.29. The van der Waals surface area contributed by atoms with Crippen LogP contribution in [0.4, 0.5) is 14.5 Å². The molecule has 4 nitrogen and oxygen atoms in total. The fraction of sp³-hybridized carbons (Fsp3) is 0.400. The van der Waals surface area contributed by atoms with Crippen LogP contribution in [0.15, 0.2) is 17.1 Å². The maximum atomic E-state index is 12.7. The zero-order valence-corrected chi connectivity index (χ0v) is 8.41. The van der Waals surface area contributed by atoms with E-state index >= 15 is 0 Å². The van der Waals surface area contributed by atoms with E-state index in [9.17, 15) is 13.6 Å². The molecule has 0 aliphatic heterocycles. The van der Waals surface area contributed by atoms with Crippen molar-refractivity contribution in [3.63, 3.8) is 0 Å². The van der Waals surface area contributed by atoms with Gasteiger partial charge in [0.25, 0.3) is 11.5 Å².